The van der Waals surface area contributed by atoms with Crippen LogP contribution in [0.1, 0.15) is 5.56 Å². The molecule has 1 radical (unpaired) electrons. The van der Waals surface area contributed by atoms with Gasteiger partial charge in [-0.05, 0) is 35.9 Å². The molecule has 0 aliphatic carbocycles. The van der Waals surface area contributed by atoms with Gasteiger partial charge in [0, 0.05) is 43.6 Å². The second-order valence-corrected chi connectivity index (χ2v) is 7.11. The summed E-state index contributed by atoms with van der Waals surface area (Å²) in [5.41, 5.74) is 7.85. The molecule has 5 aromatic rings. The van der Waals surface area contributed by atoms with Crippen LogP contribution in [0.5, 0.6) is 0 Å². The monoisotopic (exact) mass is 592 g/mol. The van der Waals surface area contributed by atoms with Gasteiger partial charge < -0.3 is 4.98 Å². The van der Waals surface area contributed by atoms with Crippen LogP contribution < -0.4 is 0 Å². The molecule has 0 aliphatic heterocycles. The molecule has 0 N–H and O–H groups in total. The normalized spacial score (nSPS) is 9.78. The zero-order valence-corrected chi connectivity index (χ0v) is 20.2. The maximum atomic E-state index is 4.59. The standard InChI is InChI=1S/C18H15N.C11H8N.Ir/c1-14-12-18(16-10-6-3-7-11-16)19-13-17(14)15-8-4-2-5-9-15;1-2-6-10(7-3-1)11-8-4-5-9-12-11;/h2-13H,1H3;1-6,8-9H;/q;-1;. The molecule has 159 valence electrons. The molecule has 0 saturated carbocycles. The van der Waals surface area contributed by atoms with E-state index < -0.39 is 0 Å². The summed E-state index contributed by atoms with van der Waals surface area (Å²) in [6.45, 7) is 2.14. The molecule has 0 fully saturated rings. The summed E-state index contributed by atoms with van der Waals surface area (Å²) in [6.07, 6.45) is 3.75. The second-order valence-electron chi connectivity index (χ2n) is 7.11. The van der Waals surface area contributed by atoms with Crippen molar-refractivity contribution >= 4 is 0 Å². The molecule has 0 bridgehead atoms. The third-order valence-electron chi connectivity index (χ3n) is 4.92. The number of aromatic nitrogens is 2. The Hall–Kier alpha value is -3.39. The van der Waals surface area contributed by atoms with Gasteiger partial charge in [0.2, 0.25) is 0 Å². The van der Waals surface area contributed by atoms with E-state index in [1.54, 1.807) is 6.20 Å². The van der Waals surface area contributed by atoms with Crippen LogP contribution in [0.4, 0.5) is 0 Å². The minimum absolute atomic E-state index is 0. The van der Waals surface area contributed by atoms with Crippen molar-refractivity contribution in [2.45, 2.75) is 6.92 Å². The number of pyridine rings is 2. The van der Waals surface area contributed by atoms with Crippen molar-refractivity contribution in [2.75, 3.05) is 0 Å². The predicted octanol–water partition coefficient (Wildman–Crippen LogP) is 7.27. The van der Waals surface area contributed by atoms with Crippen LogP contribution in [0.3, 0.4) is 0 Å². The summed E-state index contributed by atoms with van der Waals surface area (Å²) >= 11 is 0. The first-order valence-corrected chi connectivity index (χ1v) is 10.3. The fraction of sp³-hybridized carbons (Fsp3) is 0.0345. The Morgan fingerprint density at radius 1 is 0.625 bits per heavy atom. The van der Waals surface area contributed by atoms with Crippen molar-refractivity contribution in [3.63, 3.8) is 0 Å². The zero-order valence-electron chi connectivity index (χ0n) is 17.8. The van der Waals surface area contributed by atoms with Crippen LogP contribution in [-0.4, -0.2) is 9.97 Å². The molecular formula is C29H23IrN2-. The van der Waals surface area contributed by atoms with E-state index >= 15 is 0 Å². The van der Waals surface area contributed by atoms with E-state index in [2.05, 4.69) is 65.4 Å². The number of hydrogen-bond donors (Lipinski definition) is 0. The van der Waals surface area contributed by atoms with Crippen LogP contribution in [-0.2, 0) is 20.1 Å². The Bertz CT molecular complexity index is 1170. The maximum Gasteiger partial charge on any atom is 0.0705 e. The molecule has 2 heterocycles. The molecule has 0 atom stereocenters. The van der Waals surface area contributed by atoms with E-state index in [1.807, 2.05) is 72.9 Å². The minimum Gasteiger partial charge on any atom is -0.305 e. The number of aryl methyl sites for hydroxylation is 1. The van der Waals surface area contributed by atoms with E-state index in [9.17, 15) is 0 Å². The number of hydrogen-bond acceptors (Lipinski definition) is 2. The van der Waals surface area contributed by atoms with Crippen molar-refractivity contribution in [1.29, 1.82) is 0 Å². The largest absolute Gasteiger partial charge is 0.305 e. The number of nitrogens with zero attached hydrogens (tertiary/aromatic N) is 2. The van der Waals surface area contributed by atoms with Crippen molar-refractivity contribution in [1.82, 2.24) is 9.97 Å². The van der Waals surface area contributed by atoms with E-state index in [0.717, 1.165) is 22.5 Å². The van der Waals surface area contributed by atoms with Crippen LogP contribution in [0.15, 0.2) is 122 Å². The SMILES string of the molecule is Cc1cc(-c2ccccc2)ncc1-c1ccccc1.[Ir].[c-]1ccccc1-c1ccccn1. The second kappa shape index (κ2) is 11.9. The van der Waals surface area contributed by atoms with Crippen molar-refractivity contribution in [3.05, 3.63) is 133 Å². The van der Waals surface area contributed by atoms with Crippen LogP contribution in [0.2, 0.25) is 0 Å². The molecule has 0 unspecified atom stereocenters. The van der Waals surface area contributed by atoms with Gasteiger partial charge in [-0.3, -0.25) is 4.98 Å². The van der Waals surface area contributed by atoms with Gasteiger partial charge in [-0.25, -0.2) is 0 Å². The molecule has 2 nitrogen and oxygen atoms in total. The van der Waals surface area contributed by atoms with E-state index in [4.69, 9.17) is 0 Å². The van der Waals surface area contributed by atoms with Crippen molar-refractivity contribution in [2.24, 2.45) is 0 Å². The average Bonchev–Trinajstić information content (AvgIpc) is 2.86. The van der Waals surface area contributed by atoms with Gasteiger partial charge >= 0.3 is 0 Å². The summed E-state index contributed by atoms with van der Waals surface area (Å²) in [6, 6.07) is 39.6. The Morgan fingerprint density at radius 2 is 1.28 bits per heavy atom. The van der Waals surface area contributed by atoms with Gasteiger partial charge in [0.15, 0.2) is 0 Å². The van der Waals surface area contributed by atoms with Crippen molar-refractivity contribution in [3.8, 4) is 33.6 Å². The van der Waals surface area contributed by atoms with Gasteiger partial charge in [0.25, 0.3) is 0 Å². The molecule has 0 saturated heterocycles. The maximum absolute atomic E-state index is 4.59. The quantitative estimate of drug-likeness (QED) is 0.206. The number of rotatable bonds is 3. The summed E-state index contributed by atoms with van der Waals surface area (Å²) in [5.74, 6) is 0. The molecule has 2 aromatic heterocycles. The van der Waals surface area contributed by atoms with Gasteiger partial charge in [0.05, 0.1) is 5.69 Å². The first-order chi connectivity index (χ1) is 15.3. The van der Waals surface area contributed by atoms with Gasteiger partial charge in [0.1, 0.15) is 0 Å². The molecule has 3 heteroatoms. The molecule has 32 heavy (non-hydrogen) atoms. The van der Waals surface area contributed by atoms with E-state index in [-0.39, 0.29) is 20.1 Å². The Labute approximate surface area is 203 Å². The van der Waals surface area contributed by atoms with E-state index in [1.165, 1.54) is 16.7 Å². The molecule has 0 spiro atoms. The van der Waals surface area contributed by atoms with Crippen LogP contribution >= 0.6 is 0 Å². The van der Waals surface area contributed by atoms with E-state index in [0.29, 0.717) is 0 Å². The molecule has 3 aromatic carbocycles. The molecular weight excluding hydrogens is 569 g/mol. The minimum atomic E-state index is 0. The van der Waals surface area contributed by atoms with Crippen LogP contribution in [0.25, 0.3) is 33.6 Å². The third-order valence-corrected chi connectivity index (χ3v) is 4.92. The molecule has 0 aliphatic rings. The van der Waals surface area contributed by atoms with Crippen molar-refractivity contribution < 1.29 is 20.1 Å². The molecule has 5 rings (SSSR count). The summed E-state index contributed by atoms with van der Waals surface area (Å²) in [7, 11) is 0. The Morgan fingerprint density at radius 3 is 1.88 bits per heavy atom. The predicted molar refractivity (Wildman–Crippen MR) is 128 cm³/mol. The smallest absolute Gasteiger partial charge is 0.0705 e. The topological polar surface area (TPSA) is 25.8 Å². The third kappa shape index (κ3) is 6.07. The van der Waals surface area contributed by atoms with Gasteiger partial charge in [-0.15, -0.1) is 35.9 Å². The van der Waals surface area contributed by atoms with Crippen LogP contribution in [0, 0.1) is 13.0 Å². The fourth-order valence-electron chi connectivity index (χ4n) is 3.32. The Kier molecular flexibility index (Phi) is 8.62. The average molecular weight is 592 g/mol. The summed E-state index contributed by atoms with van der Waals surface area (Å²) in [5, 5.41) is 0. The fourth-order valence-corrected chi connectivity index (χ4v) is 3.32. The zero-order chi connectivity index (χ0) is 21.3. The molecule has 0 amide bonds. The summed E-state index contributed by atoms with van der Waals surface area (Å²) < 4.78 is 0. The number of benzene rings is 3. The first-order valence-electron chi connectivity index (χ1n) is 10.3. The summed E-state index contributed by atoms with van der Waals surface area (Å²) in [4.78, 5) is 8.80. The van der Waals surface area contributed by atoms with Gasteiger partial charge in [-0.2, -0.15) is 0 Å². The van der Waals surface area contributed by atoms with Gasteiger partial charge in [-0.1, -0.05) is 72.8 Å². The first kappa shape index (κ1) is 23.3. The Balaban J connectivity index is 0.000000193.